The van der Waals surface area contributed by atoms with Crippen LogP contribution in [-0.4, -0.2) is 16.5 Å². The molecule has 80 valence electrons. The zero-order valence-corrected chi connectivity index (χ0v) is 8.90. The predicted molar refractivity (Wildman–Crippen MR) is 66.4 cm³/mol. The van der Waals surface area contributed by atoms with Gasteiger partial charge in [0.15, 0.2) is 0 Å². The van der Waals surface area contributed by atoms with E-state index in [4.69, 9.17) is 5.73 Å². The van der Waals surface area contributed by atoms with Crippen molar-refractivity contribution in [1.29, 1.82) is 0 Å². The fourth-order valence-corrected chi connectivity index (χ4v) is 2.15. The van der Waals surface area contributed by atoms with Crippen molar-refractivity contribution in [3.63, 3.8) is 0 Å². The van der Waals surface area contributed by atoms with Gasteiger partial charge in [-0.05, 0) is 36.7 Å². The number of fused-ring (bicyclic) bond motifs is 3. The van der Waals surface area contributed by atoms with Crippen LogP contribution in [0.4, 0.5) is 0 Å². The Morgan fingerprint density at radius 1 is 1.19 bits per heavy atom. The summed E-state index contributed by atoms with van der Waals surface area (Å²) in [4.78, 5) is 7.71. The van der Waals surface area contributed by atoms with E-state index in [1.54, 1.807) is 0 Å². The Balaban J connectivity index is 2.36. The van der Waals surface area contributed by atoms with E-state index in [1.807, 2.05) is 18.5 Å². The number of pyridine rings is 1. The zero-order chi connectivity index (χ0) is 11.0. The molecule has 16 heavy (non-hydrogen) atoms. The molecule has 0 aliphatic carbocycles. The standard InChI is InChI=1S/C13H13N3/c14-6-5-9-8-16-13-10(9)3-4-12-11(13)2-1-7-15-12/h1-4,7-8,15H,5-6,14H2. The first-order valence-electron chi connectivity index (χ1n) is 5.44. The summed E-state index contributed by atoms with van der Waals surface area (Å²) in [6.07, 6.45) is 4.75. The normalized spacial score (nSPS) is 11.3. The molecular formula is C13H13N3. The van der Waals surface area contributed by atoms with E-state index in [2.05, 4.69) is 28.2 Å². The maximum atomic E-state index is 5.59. The molecule has 0 unspecified atom stereocenters. The van der Waals surface area contributed by atoms with E-state index < -0.39 is 0 Å². The van der Waals surface area contributed by atoms with E-state index in [0.717, 1.165) is 17.5 Å². The van der Waals surface area contributed by atoms with E-state index in [1.165, 1.54) is 16.3 Å². The number of nitrogens with one attached hydrogen (secondary N) is 1. The van der Waals surface area contributed by atoms with E-state index in [-0.39, 0.29) is 0 Å². The van der Waals surface area contributed by atoms with Gasteiger partial charge in [-0.2, -0.15) is 0 Å². The molecule has 3 nitrogen and oxygen atoms in total. The van der Waals surface area contributed by atoms with Crippen LogP contribution in [0.1, 0.15) is 5.56 Å². The van der Waals surface area contributed by atoms with Crippen LogP contribution >= 0.6 is 0 Å². The highest BCUT2D eigenvalue weighted by Gasteiger charge is 2.06. The van der Waals surface area contributed by atoms with Gasteiger partial charge in [-0.25, -0.2) is 0 Å². The summed E-state index contributed by atoms with van der Waals surface area (Å²) in [7, 11) is 0. The van der Waals surface area contributed by atoms with Crippen LogP contribution in [-0.2, 0) is 6.42 Å². The Kier molecular flexibility index (Phi) is 2.11. The highest BCUT2D eigenvalue weighted by Crippen LogP contribution is 2.25. The van der Waals surface area contributed by atoms with Crippen molar-refractivity contribution in [1.82, 2.24) is 9.97 Å². The van der Waals surface area contributed by atoms with Crippen molar-refractivity contribution in [2.45, 2.75) is 6.42 Å². The summed E-state index contributed by atoms with van der Waals surface area (Å²) < 4.78 is 0. The molecule has 0 saturated heterocycles. The van der Waals surface area contributed by atoms with Crippen LogP contribution in [0, 0.1) is 0 Å². The zero-order valence-electron chi connectivity index (χ0n) is 8.90. The maximum absolute atomic E-state index is 5.59. The minimum absolute atomic E-state index is 0.666. The molecule has 0 aliphatic rings. The molecule has 2 aromatic heterocycles. The molecule has 3 rings (SSSR count). The molecule has 0 aliphatic heterocycles. The second-order valence-corrected chi connectivity index (χ2v) is 3.92. The maximum Gasteiger partial charge on any atom is 0.0798 e. The minimum Gasteiger partial charge on any atom is -0.361 e. The molecule has 3 heteroatoms. The summed E-state index contributed by atoms with van der Waals surface area (Å²) in [5.41, 5.74) is 9.01. The highest BCUT2D eigenvalue weighted by atomic mass is 14.7. The third-order valence-corrected chi connectivity index (χ3v) is 2.92. The topological polar surface area (TPSA) is 54.7 Å². The highest BCUT2D eigenvalue weighted by molar-refractivity contribution is 6.05. The molecule has 0 radical (unpaired) electrons. The van der Waals surface area contributed by atoms with Crippen LogP contribution in [0.5, 0.6) is 0 Å². The number of rotatable bonds is 2. The van der Waals surface area contributed by atoms with Gasteiger partial charge in [0.25, 0.3) is 0 Å². The third kappa shape index (κ3) is 1.29. The van der Waals surface area contributed by atoms with Crippen molar-refractivity contribution >= 4 is 21.8 Å². The summed E-state index contributed by atoms with van der Waals surface area (Å²) in [6.45, 7) is 0.666. The molecular weight excluding hydrogens is 198 g/mol. The molecule has 0 fully saturated rings. The van der Waals surface area contributed by atoms with Crippen LogP contribution in [0.15, 0.2) is 36.7 Å². The van der Waals surface area contributed by atoms with Gasteiger partial charge in [0, 0.05) is 28.7 Å². The SMILES string of the molecule is NCCc1cnc2c1ccc1[nH]cccc12. The minimum atomic E-state index is 0.666. The Labute approximate surface area is 93.3 Å². The Hall–Kier alpha value is -1.87. The quantitative estimate of drug-likeness (QED) is 0.682. The van der Waals surface area contributed by atoms with Gasteiger partial charge >= 0.3 is 0 Å². The van der Waals surface area contributed by atoms with Crippen molar-refractivity contribution in [2.75, 3.05) is 6.54 Å². The van der Waals surface area contributed by atoms with Crippen LogP contribution in [0.3, 0.4) is 0 Å². The van der Waals surface area contributed by atoms with E-state index in [9.17, 15) is 0 Å². The third-order valence-electron chi connectivity index (χ3n) is 2.92. The number of aromatic amines is 1. The summed E-state index contributed by atoms with van der Waals surface area (Å²) >= 11 is 0. The fourth-order valence-electron chi connectivity index (χ4n) is 2.15. The van der Waals surface area contributed by atoms with Gasteiger partial charge in [-0.1, -0.05) is 6.07 Å². The van der Waals surface area contributed by atoms with E-state index >= 15 is 0 Å². The second-order valence-electron chi connectivity index (χ2n) is 3.92. The van der Waals surface area contributed by atoms with Crippen molar-refractivity contribution in [3.05, 3.63) is 42.2 Å². The molecule has 0 saturated carbocycles. The lowest BCUT2D eigenvalue weighted by molar-refractivity contribution is 0.976. The van der Waals surface area contributed by atoms with Gasteiger partial charge in [0.2, 0.25) is 0 Å². The summed E-state index contributed by atoms with van der Waals surface area (Å²) in [6, 6.07) is 8.30. The van der Waals surface area contributed by atoms with Crippen LogP contribution < -0.4 is 5.73 Å². The summed E-state index contributed by atoms with van der Waals surface area (Å²) in [5, 5.41) is 2.39. The lowest BCUT2D eigenvalue weighted by Crippen LogP contribution is -2.01. The number of nitrogens with two attached hydrogens (primary N) is 1. The van der Waals surface area contributed by atoms with Crippen LogP contribution in [0.2, 0.25) is 0 Å². The molecule has 0 atom stereocenters. The fraction of sp³-hybridized carbons (Fsp3) is 0.154. The molecule has 0 bridgehead atoms. The lowest BCUT2D eigenvalue weighted by Gasteiger charge is -2.00. The number of nitrogens with zero attached hydrogens (tertiary/aromatic N) is 1. The first kappa shape index (κ1) is 9.36. The molecule has 0 amide bonds. The molecule has 1 aromatic carbocycles. The molecule has 3 N–H and O–H groups in total. The Morgan fingerprint density at radius 3 is 3.00 bits per heavy atom. The van der Waals surface area contributed by atoms with E-state index in [0.29, 0.717) is 6.54 Å². The first-order valence-corrected chi connectivity index (χ1v) is 5.44. The average molecular weight is 211 g/mol. The average Bonchev–Trinajstić information content (AvgIpc) is 2.73. The molecule has 0 spiro atoms. The van der Waals surface area contributed by atoms with Crippen molar-refractivity contribution in [3.8, 4) is 0 Å². The predicted octanol–water partition coefficient (Wildman–Crippen LogP) is 2.22. The summed E-state index contributed by atoms with van der Waals surface area (Å²) in [5.74, 6) is 0. The first-order chi connectivity index (χ1) is 7.90. The molecule has 3 aromatic rings. The Morgan fingerprint density at radius 2 is 2.12 bits per heavy atom. The van der Waals surface area contributed by atoms with Crippen molar-refractivity contribution in [2.24, 2.45) is 5.73 Å². The van der Waals surface area contributed by atoms with Crippen molar-refractivity contribution < 1.29 is 0 Å². The number of benzene rings is 1. The van der Waals surface area contributed by atoms with Crippen LogP contribution in [0.25, 0.3) is 21.8 Å². The number of hydrogen-bond acceptors (Lipinski definition) is 2. The van der Waals surface area contributed by atoms with Gasteiger partial charge in [0.1, 0.15) is 0 Å². The number of aromatic nitrogens is 2. The van der Waals surface area contributed by atoms with Gasteiger partial charge < -0.3 is 10.7 Å². The van der Waals surface area contributed by atoms with Gasteiger partial charge in [0.05, 0.1) is 5.52 Å². The Bertz CT molecular complexity index is 640. The second kappa shape index (κ2) is 3.61. The van der Waals surface area contributed by atoms with Gasteiger partial charge in [-0.15, -0.1) is 0 Å². The number of hydrogen-bond donors (Lipinski definition) is 2. The number of H-pyrrole nitrogens is 1. The van der Waals surface area contributed by atoms with Gasteiger partial charge in [-0.3, -0.25) is 4.98 Å². The largest absolute Gasteiger partial charge is 0.361 e. The monoisotopic (exact) mass is 211 g/mol. The lowest BCUT2D eigenvalue weighted by atomic mass is 10.1. The molecule has 2 heterocycles. The smallest absolute Gasteiger partial charge is 0.0798 e.